The van der Waals surface area contributed by atoms with Crippen molar-refractivity contribution in [1.82, 2.24) is 15.5 Å². The molecule has 0 bridgehead atoms. The fourth-order valence-corrected chi connectivity index (χ4v) is 2.95. The normalized spacial score (nSPS) is 12.9. The first kappa shape index (κ1) is 21.5. The van der Waals surface area contributed by atoms with E-state index in [0.29, 0.717) is 18.3 Å². The Morgan fingerprint density at radius 2 is 1.87 bits per heavy atom. The monoisotopic (exact) mass is 409 g/mol. The molecule has 7 heteroatoms. The highest BCUT2D eigenvalue weighted by Crippen LogP contribution is 2.26. The largest absolute Gasteiger partial charge is 0.497 e. The van der Waals surface area contributed by atoms with Crippen LogP contribution >= 0.6 is 0 Å². The second kappa shape index (κ2) is 10.5. The number of hydrogen-bond acceptors (Lipinski definition) is 6. The molecular formula is C23H27N3O4. The van der Waals surface area contributed by atoms with Gasteiger partial charge in [-0.15, -0.1) is 0 Å². The highest BCUT2D eigenvalue weighted by molar-refractivity contribution is 5.77. The number of nitrogens with one attached hydrogen (secondary N) is 1. The van der Waals surface area contributed by atoms with Crippen molar-refractivity contribution in [2.75, 3.05) is 13.7 Å². The van der Waals surface area contributed by atoms with E-state index in [2.05, 4.69) is 22.4 Å². The molecule has 7 nitrogen and oxygen atoms in total. The van der Waals surface area contributed by atoms with E-state index in [1.165, 1.54) is 0 Å². The molecule has 0 radical (unpaired) electrons. The zero-order valence-electron chi connectivity index (χ0n) is 17.5. The van der Waals surface area contributed by atoms with E-state index < -0.39 is 0 Å². The third-order valence-corrected chi connectivity index (χ3v) is 4.93. The summed E-state index contributed by atoms with van der Waals surface area (Å²) in [6, 6.07) is 16.7. The molecular weight excluding hydrogens is 382 g/mol. The molecule has 0 fully saturated rings. The summed E-state index contributed by atoms with van der Waals surface area (Å²) >= 11 is 0. The SMILES string of the molecule is CC[C@H](C)[C@H](NC(=O)COCc1ccccc1)c1nc(-c2ccc(OC)cc2)no1. The zero-order valence-corrected chi connectivity index (χ0v) is 17.5. The molecule has 1 aromatic heterocycles. The number of amides is 1. The number of rotatable bonds is 10. The van der Waals surface area contributed by atoms with Gasteiger partial charge in [-0.2, -0.15) is 4.98 Å². The Kier molecular flexibility index (Phi) is 7.57. The van der Waals surface area contributed by atoms with Crippen LogP contribution in [0.25, 0.3) is 11.4 Å². The Bertz CT molecular complexity index is 925. The number of benzene rings is 2. The van der Waals surface area contributed by atoms with Gasteiger partial charge in [0.15, 0.2) is 0 Å². The molecule has 0 unspecified atom stereocenters. The topological polar surface area (TPSA) is 86.5 Å². The Labute approximate surface area is 176 Å². The quantitative estimate of drug-likeness (QED) is 0.541. The predicted molar refractivity (Wildman–Crippen MR) is 113 cm³/mol. The molecule has 0 saturated heterocycles. The standard InChI is InChI=1S/C23H27N3O4/c1-4-16(2)21(24-20(27)15-29-14-17-8-6-5-7-9-17)23-25-22(26-30-23)18-10-12-19(28-3)13-11-18/h5-13,16,21H,4,14-15H2,1-3H3,(H,24,27)/t16-,21-/m0/s1. The highest BCUT2D eigenvalue weighted by atomic mass is 16.5. The van der Waals surface area contributed by atoms with Gasteiger partial charge < -0.3 is 19.3 Å². The third-order valence-electron chi connectivity index (χ3n) is 4.93. The van der Waals surface area contributed by atoms with Gasteiger partial charge in [-0.1, -0.05) is 55.8 Å². The first-order valence-electron chi connectivity index (χ1n) is 9.99. The maximum absolute atomic E-state index is 12.4. The molecule has 0 aliphatic heterocycles. The van der Waals surface area contributed by atoms with Gasteiger partial charge in [0.05, 0.1) is 13.7 Å². The minimum Gasteiger partial charge on any atom is -0.497 e. The minimum absolute atomic E-state index is 0.0404. The highest BCUT2D eigenvalue weighted by Gasteiger charge is 2.26. The lowest BCUT2D eigenvalue weighted by atomic mass is 9.99. The van der Waals surface area contributed by atoms with E-state index >= 15 is 0 Å². The van der Waals surface area contributed by atoms with E-state index in [4.69, 9.17) is 14.0 Å². The average Bonchev–Trinajstić information content (AvgIpc) is 3.27. The van der Waals surface area contributed by atoms with Crippen molar-refractivity contribution >= 4 is 5.91 Å². The number of carbonyl (C=O) groups is 1. The predicted octanol–water partition coefficient (Wildman–Crippen LogP) is 4.17. The molecule has 2 aromatic carbocycles. The van der Waals surface area contributed by atoms with Crippen LogP contribution in [0.5, 0.6) is 5.75 Å². The number of aromatic nitrogens is 2. The van der Waals surface area contributed by atoms with Crippen LogP contribution in [0.2, 0.25) is 0 Å². The number of nitrogens with zero attached hydrogens (tertiary/aromatic N) is 2. The fraction of sp³-hybridized carbons (Fsp3) is 0.348. The Morgan fingerprint density at radius 3 is 2.53 bits per heavy atom. The Morgan fingerprint density at radius 1 is 1.13 bits per heavy atom. The lowest BCUT2D eigenvalue weighted by molar-refractivity contribution is -0.127. The van der Waals surface area contributed by atoms with Crippen molar-refractivity contribution in [3.05, 3.63) is 66.1 Å². The van der Waals surface area contributed by atoms with E-state index in [0.717, 1.165) is 23.3 Å². The number of carbonyl (C=O) groups excluding carboxylic acids is 1. The number of ether oxygens (including phenoxy) is 2. The Hall–Kier alpha value is -3.19. The average molecular weight is 409 g/mol. The zero-order chi connectivity index (χ0) is 21.3. The summed E-state index contributed by atoms with van der Waals surface area (Å²) in [5, 5.41) is 7.05. The van der Waals surface area contributed by atoms with Crippen LogP contribution in [-0.4, -0.2) is 29.8 Å². The summed E-state index contributed by atoms with van der Waals surface area (Å²) in [5.41, 5.74) is 1.83. The van der Waals surface area contributed by atoms with Crippen molar-refractivity contribution in [3.63, 3.8) is 0 Å². The molecule has 1 heterocycles. The third kappa shape index (κ3) is 5.67. The summed E-state index contributed by atoms with van der Waals surface area (Å²) in [7, 11) is 1.62. The van der Waals surface area contributed by atoms with Gasteiger partial charge in [0.25, 0.3) is 0 Å². The van der Waals surface area contributed by atoms with E-state index in [-0.39, 0.29) is 24.5 Å². The molecule has 0 spiro atoms. The molecule has 2 atom stereocenters. The lowest BCUT2D eigenvalue weighted by Crippen LogP contribution is -2.35. The first-order chi connectivity index (χ1) is 14.6. The van der Waals surface area contributed by atoms with E-state index in [1.807, 2.05) is 61.5 Å². The van der Waals surface area contributed by atoms with Gasteiger partial charge >= 0.3 is 0 Å². The number of methoxy groups -OCH3 is 1. The molecule has 158 valence electrons. The lowest BCUT2D eigenvalue weighted by Gasteiger charge is -2.20. The molecule has 3 rings (SSSR count). The molecule has 0 aliphatic rings. The van der Waals surface area contributed by atoms with Crippen LogP contribution in [0.1, 0.15) is 37.8 Å². The van der Waals surface area contributed by atoms with Crippen LogP contribution in [-0.2, 0) is 16.1 Å². The summed E-state index contributed by atoms with van der Waals surface area (Å²) < 4.78 is 16.2. The van der Waals surface area contributed by atoms with Crippen LogP contribution < -0.4 is 10.1 Å². The van der Waals surface area contributed by atoms with Gasteiger partial charge in [0.1, 0.15) is 18.4 Å². The smallest absolute Gasteiger partial charge is 0.249 e. The molecule has 0 aliphatic carbocycles. The maximum atomic E-state index is 12.4. The van der Waals surface area contributed by atoms with Crippen LogP contribution in [0.4, 0.5) is 0 Å². The first-order valence-corrected chi connectivity index (χ1v) is 9.99. The van der Waals surface area contributed by atoms with E-state index in [9.17, 15) is 4.79 Å². The number of hydrogen-bond donors (Lipinski definition) is 1. The molecule has 30 heavy (non-hydrogen) atoms. The van der Waals surface area contributed by atoms with Crippen molar-refractivity contribution in [3.8, 4) is 17.1 Å². The molecule has 1 amide bonds. The molecule has 0 saturated carbocycles. The van der Waals surface area contributed by atoms with Crippen molar-refractivity contribution in [1.29, 1.82) is 0 Å². The second-order valence-corrected chi connectivity index (χ2v) is 7.09. The van der Waals surface area contributed by atoms with Crippen molar-refractivity contribution < 1.29 is 18.8 Å². The molecule has 3 aromatic rings. The Balaban J connectivity index is 1.63. The summed E-state index contributed by atoms with van der Waals surface area (Å²) in [5.74, 6) is 1.50. The van der Waals surface area contributed by atoms with Crippen LogP contribution in [0.15, 0.2) is 59.1 Å². The van der Waals surface area contributed by atoms with Gasteiger partial charge in [-0.25, -0.2) is 0 Å². The van der Waals surface area contributed by atoms with Gasteiger partial charge in [0, 0.05) is 5.56 Å². The molecule has 1 N–H and O–H groups in total. The minimum atomic E-state index is -0.387. The van der Waals surface area contributed by atoms with Crippen LogP contribution in [0, 0.1) is 5.92 Å². The van der Waals surface area contributed by atoms with Crippen molar-refractivity contribution in [2.24, 2.45) is 5.92 Å². The fourth-order valence-electron chi connectivity index (χ4n) is 2.95. The summed E-state index contributed by atoms with van der Waals surface area (Å²) in [6.45, 7) is 4.43. The summed E-state index contributed by atoms with van der Waals surface area (Å²) in [6.07, 6.45) is 0.843. The summed E-state index contributed by atoms with van der Waals surface area (Å²) in [4.78, 5) is 17.0. The maximum Gasteiger partial charge on any atom is 0.249 e. The van der Waals surface area contributed by atoms with Gasteiger partial charge in [-0.05, 0) is 35.7 Å². The van der Waals surface area contributed by atoms with Gasteiger partial charge in [0.2, 0.25) is 17.6 Å². The second-order valence-electron chi connectivity index (χ2n) is 7.09. The van der Waals surface area contributed by atoms with Crippen LogP contribution in [0.3, 0.4) is 0 Å². The van der Waals surface area contributed by atoms with Crippen molar-refractivity contribution in [2.45, 2.75) is 32.9 Å². The van der Waals surface area contributed by atoms with E-state index in [1.54, 1.807) is 7.11 Å². The van der Waals surface area contributed by atoms with Gasteiger partial charge in [-0.3, -0.25) is 4.79 Å².